The second kappa shape index (κ2) is 9.74. The van der Waals surface area contributed by atoms with Gasteiger partial charge in [-0.05, 0) is 42.8 Å². The number of amides is 1. The van der Waals surface area contributed by atoms with Gasteiger partial charge in [0.25, 0.3) is 11.7 Å². The van der Waals surface area contributed by atoms with Gasteiger partial charge < -0.3 is 23.7 Å². The van der Waals surface area contributed by atoms with Gasteiger partial charge in [-0.25, -0.2) is 0 Å². The summed E-state index contributed by atoms with van der Waals surface area (Å²) >= 11 is 0. The van der Waals surface area contributed by atoms with E-state index >= 15 is 0 Å². The molecule has 1 atom stereocenters. The normalized spacial score (nSPS) is 17.1. The summed E-state index contributed by atoms with van der Waals surface area (Å²) in [6.45, 7) is 2.50. The maximum Gasteiger partial charge on any atom is 0.300 e. The van der Waals surface area contributed by atoms with Crippen molar-refractivity contribution in [3.05, 3.63) is 77.8 Å². The molecule has 0 radical (unpaired) electrons. The van der Waals surface area contributed by atoms with Crippen molar-refractivity contribution < 1.29 is 33.3 Å². The number of benzene rings is 2. The number of aliphatic hydroxyl groups is 1. The van der Waals surface area contributed by atoms with Crippen LogP contribution in [0.2, 0.25) is 0 Å². The molecule has 34 heavy (non-hydrogen) atoms. The predicted octanol–water partition coefficient (Wildman–Crippen LogP) is 4.71. The number of nitrogens with zero attached hydrogens (tertiary/aromatic N) is 1. The lowest BCUT2D eigenvalue weighted by molar-refractivity contribution is -0.132. The molecule has 0 bridgehead atoms. The molecule has 0 spiro atoms. The quantitative estimate of drug-likeness (QED) is 0.293. The first-order valence-corrected chi connectivity index (χ1v) is 10.8. The largest absolute Gasteiger partial charge is 0.506 e. The topological polar surface area (TPSA) is 98.4 Å². The summed E-state index contributed by atoms with van der Waals surface area (Å²) < 4.78 is 22.1. The van der Waals surface area contributed by atoms with Gasteiger partial charge in [0.05, 0.1) is 32.7 Å². The molecule has 1 saturated heterocycles. The smallest absolute Gasteiger partial charge is 0.300 e. The molecule has 1 aromatic heterocycles. The Bertz CT molecular complexity index is 1210. The fourth-order valence-electron chi connectivity index (χ4n) is 3.98. The maximum absolute atomic E-state index is 13.3. The van der Waals surface area contributed by atoms with Gasteiger partial charge >= 0.3 is 0 Å². The molecule has 1 aliphatic heterocycles. The Kier molecular flexibility index (Phi) is 6.58. The van der Waals surface area contributed by atoms with Crippen LogP contribution in [0.4, 0.5) is 5.69 Å². The number of aliphatic hydroxyl groups excluding tert-OH is 1. The van der Waals surface area contributed by atoms with Crippen LogP contribution in [0.15, 0.2) is 70.9 Å². The predicted molar refractivity (Wildman–Crippen MR) is 125 cm³/mol. The number of hydrogen-bond acceptors (Lipinski definition) is 7. The average molecular weight is 463 g/mol. The fourth-order valence-corrected chi connectivity index (χ4v) is 3.98. The summed E-state index contributed by atoms with van der Waals surface area (Å²) in [5, 5.41) is 11.4. The second-order valence-electron chi connectivity index (χ2n) is 7.57. The van der Waals surface area contributed by atoms with Crippen molar-refractivity contribution in [3.63, 3.8) is 0 Å². The molecule has 1 unspecified atom stereocenters. The third-order valence-corrected chi connectivity index (χ3v) is 5.49. The van der Waals surface area contributed by atoms with Crippen molar-refractivity contribution in [3.8, 4) is 17.2 Å². The molecule has 2 heterocycles. The van der Waals surface area contributed by atoms with Crippen LogP contribution in [0.5, 0.6) is 17.2 Å². The summed E-state index contributed by atoms with van der Waals surface area (Å²) in [7, 11) is 2.88. The van der Waals surface area contributed by atoms with Crippen LogP contribution >= 0.6 is 0 Å². The first-order valence-electron chi connectivity index (χ1n) is 10.8. The zero-order chi connectivity index (χ0) is 24.2. The number of rotatable bonds is 8. The Morgan fingerprint density at radius 3 is 2.35 bits per heavy atom. The number of Topliss-reactive ketones (excluding diaryl/α,β-unsaturated/α-hetero) is 1. The molecular formula is C26H25NO7. The minimum atomic E-state index is -1.01. The lowest BCUT2D eigenvalue weighted by Crippen LogP contribution is -2.29. The van der Waals surface area contributed by atoms with E-state index in [0.29, 0.717) is 23.8 Å². The molecule has 2 aromatic carbocycles. The van der Waals surface area contributed by atoms with Crippen LogP contribution < -0.4 is 19.1 Å². The van der Waals surface area contributed by atoms with E-state index in [9.17, 15) is 14.7 Å². The fraction of sp³-hybridized carbons (Fsp3) is 0.231. The first-order chi connectivity index (χ1) is 16.5. The number of ether oxygens (including phenoxy) is 3. The highest BCUT2D eigenvalue weighted by molar-refractivity contribution is 6.51. The van der Waals surface area contributed by atoms with Gasteiger partial charge in [0.15, 0.2) is 0 Å². The molecule has 1 amide bonds. The molecule has 0 aliphatic carbocycles. The van der Waals surface area contributed by atoms with Gasteiger partial charge in [-0.2, -0.15) is 0 Å². The lowest BCUT2D eigenvalue weighted by Gasteiger charge is -2.24. The SMILES string of the molecule is CCCOc1cccc(N2C(=O)C(=O)/C(=C(/O)c3c(OC)cccc3OC)C2c2ccco2)c1. The van der Waals surface area contributed by atoms with Crippen LogP contribution in [0.3, 0.4) is 0 Å². The standard InChI is InChI=1S/C26H25NO7/c1-4-13-33-17-9-5-8-16(15-17)27-23(20-12-7-14-34-20)22(25(29)26(27)30)24(28)21-18(31-2)10-6-11-19(21)32-3/h5-12,14-15,23,28H,4,13H2,1-3H3/b24-22+. The van der Waals surface area contributed by atoms with E-state index in [4.69, 9.17) is 18.6 Å². The van der Waals surface area contributed by atoms with Gasteiger partial charge in [0.1, 0.15) is 40.4 Å². The van der Waals surface area contributed by atoms with Crippen LogP contribution in [0, 0.1) is 0 Å². The molecule has 4 rings (SSSR count). The third kappa shape index (κ3) is 3.98. The van der Waals surface area contributed by atoms with Crippen LogP contribution in [0.25, 0.3) is 5.76 Å². The maximum atomic E-state index is 13.3. The molecule has 176 valence electrons. The molecule has 1 fully saturated rings. The van der Waals surface area contributed by atoms with Crippen molar-refractivity contribution in [2.24, 2.45) is 0 Å². The summed E-state index contributed by atoms with van der Waals surface area (Å²) in [6, 6.07) is 14.1. The molecule has 1 N–H and O–H groups in total. The number of furan rings is 1. The van der Waals surface area contributed by atoms with E-state index in [0.717, 1.165) is 6.42 Å². The minimum absolute atomic E-state index is 0.136. The van der Waals surface area contributed by atoms with E-state index in [1.807, 2.05) is 6.92 Å². The minimum Gasteiger partial charge on any atom is -0.506 e. The molecule has 8 heteroatoms. The van der Waals surface area contributed by atoms with Gasteiger partial charge in [0.2, 0.25) is 0 Å². The summed E-state index contributed by atoms with van der Waals surface area (Å²) in [5.41, 5.74) is 0.466. The van der Waals surface area contributed by atoms with Crippen molar-refractivity contribution in [1.29, 1.82) is 0 Å². The highest BCUT2D eigenvalue weighted by Crippen LogP contribution is 2.45. The van der Waals surface area contributed by atoms with Gasteiger partial charge in [-0.3, -0.25) is 14.5 Å². The average Bonchev–Trinajstić information content (AvgIpc) is 3.48. The number of ketones is 1. The summed E-state index contributed by atoms with van der Waals surface area (Å²) in [5.74, 6) is -0.626. The van der Waals surface area contributed by atoms with E-state index in [2.05, 4.69) is 0 Å². The summed E-state index contributed by atoms with van der Waals surface area (Å²) in [4.78, 5) is 27.9. The van der Waals surface area contributed by atoms with E-state index < -0.39 is 23.5 Å². The number of carbonyl (C=O) groups excluding carboxylic acids is 2. The Balaban J connectivity index is 1.92. The molecular weight excluding hydrogens is 438 g/mol. The van der Waals surface area contributed by atoms with E-state index in [1.54, 1.807) is 54.6 Å². The zero-order valence-corrected chi connectivity index (χ0v) is 19.1. The van der Waals surface area contributed by atoms with Gasteiger partial charge in [-0.15, -0.1) is 0 Å². The van der Waals surface area contributed by atoms with Gasteiger partial charge in [0, 0.05) is 11.8 Å². The van der Waals surface area contributed by atoms with Crippen molar-refractivity contribution in [2.45, 2.75) is 19.4 Å². The van der Waals surface area contributed by atoms with Crippen LogP contribution in [-0.2, 0) is 9.59 Å². The Morgan fingerprint density at radius 1 is 1.03 bits per heavy atom. The Morgan fingerprint density at radius 2 is 1.74 bits per heavy atom. The van der Waals surface area contributed by atoms with Crippen LogP contribution in [0.1, 0.15) is 30.7 Å². The van der Waals surface area contributed by atoms with Crippen molar-refractivity contribution >= 4 is 23.1 Å². The lowest BCUT2D eigenvalue weighted by atomic mass is 9.98. The van der Waals surface area contributed by atoms with Crippen molar-refractivity contribution in [1.82, 2.24) is 0 Å². The zero-order valence-electron chi connectivity index (χ0n) is 19.1. The molecule has 0 saturated carbocycles. The molecule has 1 aliphatic rings. The number of methoxy groups -OCH3 is 2. The van der Waals surface area contributed by atoms with Crippen LogP contribution in [-0.4, -0.2) is 37.6 Å². The third-order valence-electron chi connectivity index (χ3n) is 5.49. The summed E-state index contributed by atoms with van der Waals surface area (Å²) in [6.07, 6.45) is 2.27. The molecule has 8 nitrogen and oxygen atoms in total. The number of hydrogen-bond donors (Lipinski definition) is 1. The highest BCUT2D eigenvalue weighted by Gasteiger charge is 2.49. The monoisotopic (exact) mass is 463 g/mol. The Labute approximate surface area is 197 Å². The molecule has 3 aromatic rings. The van der Waals surface area contributed by atoms with Gasteiger partial charge in [-0.1, -0.05) is 19.1 Å². The number of carbonyl (C=O) groups is 2. The first kappa shape index (κ1) is 23.0. The number of anilines is 1. The Hall–Kier alpha value is -4.20. The van der Waals surface area contributed by atoms with Crippen molar-refractivity contribution in [2.75, 3.05) is 25.7 Å². The van der Waals surface area contributed by atoms with E-state index in [1.165, 1.54) is 25.4 Å². The van der Waals surface area contributed by atoms with E-state index in [-0.39, 0.29) is 22.6 Å². The second-order valence-corrected chi connectivity index (χ2v) is 7.57. The highest BCUT2D eigenvalue weighted by atomic mass is 16.5.